The molecule has 0 saturated carbocycles. The first-order valence-corrected chi connectivity index (χ1v) is 3.98. The van der Waals surface area contributed by atoms with Gasteiger partial charge in [-0.2, -0.15) is 0 Å². The molecule has 0 saturated heterocycles. The van der Waals surface area contributed by atoms with Crippen LogP contribution in [0.25, 0.3) is 0 Å². The molecule has 0 spiro atoms. The molecule has 0 aromatic carbocycles. The van der Waals surface area contributed by atoms with E-state index in [-0.39, 0.29) is 0 Å². The van der Waals surface area contributed by atoms with Crippen molar-refractivity contribution in [1.82, 2.24) is 9.55 Å². The van der Waals surface area contributed by atoms with Crippen molar-refractivity contribution < 1.29 is 5.11 Å². The molecule has 0 fully saturated rings. The molecule has 0 amide bonds. The molecular weight excluding hydrogens is 154 g/mol. The maximum Gasteiger partial charge on any atom is 0.200 e. The molecule has 0 radical (unpaired) electrons. The zero-order valence-corrected chi connectivity index (χ0v) is 7.49. The van der Waals surface area contributed by atoms with Gasteiger partial charge in [0.15, 0.2) is 5.95 Å². The summed E-state index contributed by atoms with van der Waals surface area (Å²) in [6.45, 7) is 4.26. The Hall–Kier alpha value is -1.03. The number of nitrogens with two attached hydrogens (primary N) is 1. The van der Waals surface area contributed by atoms with Crippen LogP contribution in [0.5, 0.6) is 0 Å². The number of nitrogens with zero attached hydrogens (tertiary/aromatic N) is 2. The van der Waals surface area contributed by atoms with Gasteiger partial charge >= 0.3 is 0 Å². The second-order valence-electron chi connectivity index (χ2n) is 3.54. The molecular formula is C8H15N3O. The Balaban J connectivity index is 2.49. The van der Waals surface area contributed by atoms with Gasteiger partial charge in [-0.05, 0) is 20.3 Å². The van der Waals surface area contributed by atoms with Gasteiger partial charge in [-0.1, -0.05) is 0 Å². The van der Waals surface area contributed by atoms with Crippen molar-refractivity contribution >= 4 is 5.95 Å². The number of nitrogen functional groups attached to an aromatic ring is 1. The molecule has 1 aromatic heterocycles. The first-order chi connectivity index (χ1) is 5.49. The van der Waals surface area contributed by atoms with Crippen molar-refractivity contribution in [3.63, 3.8) is 0 Å². The monoisotopic (exact) mass is 169 g/mol. The largest absolute Gasteiger partial charge is 0.390 e. The topological polar surface area (TPSA) is 64.1 Å². The first-order valence-electron chi connectivity index (χ1n) is 3.98. The van der Waals surface area contributed by atoms with Crippen LogP contribution in [-0.4, -0.2) is 20.3 Å². The molecule has 0 atom stereocenters. The van der Waals surface area contributed by atoms with Gasteiger partial charge < -0.3 is 15.4 Å². The van der Waals surface area contributed by atoms with Crippen molar-refractivity contribution in [3.8, 4) is 0 Å². The molecule has 0 aliphatic rings. The van der Waals surface area contributed by atoms with Crippen molar-refractivity contribution in [2.75, 3.05) is 5.73 Å². The van der Waals surface area contributed by atoms with Gasteiger partial charge in [-0.25, -0.2) is 4.98 Å². The predicted molar refractivity (Wildman–Crippen MR) is 47.6 cm³/mol. The average Bonchev–Trinajstić information content (AvgIpc) is 2.29. The van der Waals surface area contributed by atoms with Crippen molar-refractivity contribution in [3.05, 3.63) is 12.4 Å². The third kappa shape index (κ3) is 2.54. The van der Waals surface area contributed by atoms with Crippen LogP contribution in [0.4, 0.5) is 5.95 Å². The molecule has 1 heterocycles. The Labute approximate surface area is 72.0 Å². The molecule has 4 nitrogen and oxygen atoms in total. The van der Waals surface area contributed by atoms with E-state index in [1.165, 1.54) is 0 Å². The number of aliphatic hydroxyl groups is 1. The van der Waals surface area contributed by atoms with Crippen LogP contribution < -0.4 is 5.73 Å². The second-order valence-corrected chi connectivity index (χ2v) is 3.54. The van der Waals surface area contributed by atoms with Crippen LogP contribution in [0.2, 0.25) is 0 Å². The number of hydrogen-bond donors (Lipinski definition) is 2. The third-order valence-electron chi connectivity index (χ3n) is 1.71. The number of hydrogen-bond acceptors (Lipinski definition) is 3. The van der Waals surface area contributed by atoms with E-state index < -0.39 is 5.60 Å². The standard InChI is InChI=1S/C8H15N3O/c1-8(2,12)3-5-11-6-4-10-7(11)9/h4,6,12H,3,5H2,1-2H3,(H2,9,10). The molecule has 0 aliphatic carbocycles. The summed E-state index contributed by atoms with van der Waals surface area (Å²) in [4.78, 5) is 3.88. The van der Waals surface area contributed by atoms with Crippen LogP contribution in [0.15, 0.2) is 12.4 Å². The average molecular weight is 169 g/mol. The lowest BCUT2D eigenvalue weighted by Crippen LogP contribution is -2.21. The quantitative estimate of drug-likeness (QED) is 0.697. The lowest BCUT2D eigenvalue weighted by molar-refractivity contribution is 0.0664. The first kappa shape index (κ1) is 9.06. The smallest absolute Gasteiger partial charge is 0.200 e. The van der Waals surface area contributed by atoms with E-state index in [0.717, 1.165) is 0 Å². The summed E-state index contributed by atoms with van der Waals surface area (Å²) in [5, 5.41) is 9.43. The number of aromatic nitrogens is 2. The van der Waals surface area contributed by atoms with E-state index in [4.69, 9.17) is 5.73 Å². The minimum absolute atomic E-state index is 0.499. The van der Waals surface area contributed by atoms with Crippen LogP contribution in [0.3, 0.4) is 0 Å². The van der Waals surface area contributed by atoms with Gasteiger partial charge in [0.1, 0.15) is 0 Å². The lowest BCUT2D eigenvalue weighted by Gasteiger charge is -2.17. The highest BCUT2D eigenvalue weighted by atomic mass is 16.3. The van der Waals surface area contributed by atoms with Gasteiger partial charge in [-0.15, -0.1) is 0 Å². The Kier molecular flexibility index (Phi) is 2.38. The fourth-order valence-electron chi connectivity index (χ4n) is 0.924. The summed E-state index contributed by atoms with van der Waals surface area (Å²) >= 11 is 0. The molecule has 3 N–H and O–H groups in total. The van der Waals surface area contributed by atoms with E-state index in [9.17, 15) is 5.11 Å². The van der Waals surface area contributed by atoms with Crippen molar-refractivity contribution in [2.24, 2.45) is 0 Å². The summed E-state index contributed by atoms with van der Waals surface area (Å²) in [5.74, 6) is 0.499. The fourth-order valence-corrected chi connectivity index (χ4v) is 0.924. The maximum absolute atomic E-state index is 9.43. The minimum Gasteiger partial charge on any atom is -0.390 e. The van der Waals surface area contributed by atoms with Gasteiger partial charge in [0.25, 0.3) is 0 Å². The van der Waals surface area contributed by atoms with E-state index in [2.05, 4.69) is 4.98 Å². The van der Waals surface area contributed by atoms with Gasteiger partial charge in [0.2, 0.25) is 0 Å². The zero-order valence-electron chi connectivity index (χ0n) is 7.49. The molecule has 4 heteroatoms. The molecule has 12 heavy (non-hydrogen) atoms. The Morgan fingerprint density at radius 3 is 2.75 bits per heavy atom. The molecule has 0 bridgehead atoms. The Morgan fingerprint density at radius 2 is 2.33 bits per heavy atom. The molecule has 68 valence electrons. The van der Waals surface area contributed by atoms with E-state index in [1.807, 2.05) is 4.57 Å². The number of anilines is 1. The summed E-state index contributed by atoms with van der Waals surface area (Å²) in [6, 6.07) is 0. The van der Waals surface area contributed by atoms with Gasteiger partial charge in [0, 0.05) is 18.9 Å². The predicted octanol–water partition coefficient (Wildman–Crippen LogP) is 0.626. The van der Waals surface area contributed by atoms with Crippen molar-refractivity contribution in [1.29, 1.82) is 0 Å². The van der Waals surface area contributed by atoms with Crippen LogP contribution >= 0.6 is 0 Å². The molecule has 0 aliphatic heterocycles. The molecule has 0 unspecified atom stereocenters. The summed E-state index contributed by atoms with van der Waals surface area (Å²) in [5.41, 5.74) is 4.90. The SMILES string of the molecule is CC(C)(O)CCn1ccnc1N. The Bertz CT molecular complexity index is 249. The van der Waals surface area contributed by atoms with E-state index >= 15 is 0 Å². The maximum atomic E-state index is 9.43. The van der Waals surface area contributed by atoms with Gasteiger partial charge in [-0.3, -0.25) is 0 Å². The Morgan fingerprint density at radius 1 is 1.67 bits per heavy atom. The normalized spacial score (nSPS) is 11.9. The van der Waals surface area contributed by atoms with Crippen LogP contribution in [-0.2, 0) is 6.54 Å². The van der Waals surface area contributed by atoms with Crippen molar-refractivity contribution in [2.45, 2.75) is 32.4 Å². The highest BCUT2D eigenvalue weighted by Gasteiger charge is 2.12. The lowest BCUT2D eigenvalue weighted by atomic mass is 10.1. The third-order valence-corrected chi connectivity index (χ3v) is 1.71. The number of rotatable bonds is 3. The molecule has 1 rings (SSSR count). The fraction of sp³-hybridized carbons (Fsp3) is 0.625. The van der Waals surface area contributed by atoms with Gasteiger partial charge in [0.05, 0.1) is 5.60 Å². The van der Waals surface area contributed by atoms with E-state index in [1.54, 1.807) is 26.2 Å². The van der Waals surface area contributed by atoms with Crippen LogP contribution in [0.1, 0.15) is 20.3 Å². The highest BCUT2D eigenvalue weighted by Crippen LogP contribution is 2.10. The minimum atomic E-state index is -0.642. The number of imidazole rings is 1. The van der Waals surface area contributed by atoms with E-state index in [0.29, 0.717) is 18.9 Å². The summed E-state index contributed by atoms with van der Waals surface area (Å²) in [7, 11) is 0. The summed E-state index contributed by atoms with van der Waals surface area (Å²) in [6.07, 6.45) is 4.13. The highest BCUT2D eigenvalue weighted by molar-refractivity contribution is 5.16. The van der Waals surface area contributed by atoms with Crippen LogP contribution in [0, 0.1) is 0 Å². The number of aryl methyl sites for hydroxylation is 1. The molecule has 1 aromatic rings. The second kappa shape index (κ2) is 3.15. The zero-order chi connectivity index (χ0) is 9.19. The summed E-state index contributed by atoms with van der Waals surface area (Å²) < 4.78 is 1.82.